The zero-order valence-electron chi connectivity index (χ0n) is 6.15. The Bertz CT molecular complexity index is 341. The van der Waals surface area contributed by atoms with E-state index in [-0.39, 0.29) is 17.6 Å². The van der Waals surface area contributed by atoms with Gasteiger partial charge in [0.1, 0.15) is 0 Å². The first-order chi connectivity index (χ1) is 5.61. The average Bonchev–Trinajstić information content (AvgIpc) is 2.30. The third-order valence-electron chi connectivity index (χ3n) is 1.34. The highest BCUT2D eigenvalue weighted by atomic mass is 32.1. The Balaban J connectivity index is 2.70. The van der Waals surface area contributed by atoms with Crippen molar-refractivity contribution < 1.29 is 9.90 Å². The number of hydrogen-bond donors (Lipinski definition) is 3. The second-order valence-electron chi connectivity index (χ2n) is 2.21. The monoisotopic (exact) mass is 188 g/mol. The fourth-order valence-corrected chi connectivity index (χ4v) is 0.883. The summed E-state index contributed by atoms with van der Waals surface area (Å²) in [7, 11) is 0. The molecule has 6 nitrogen and oxygen atoms in total. The van der Waals surface area contributed by atoms with E-state index in [9.17, 15) is 4.79 Å². The second-order valence-corrected chi connectivity index (χ2v) is 2.60. The van der Waals surface area contributed by atoms with Gasteiger partial charge in [0.25, 0.3) is 0 Å². The van der Waals surface area contributed by atoms with Crippen LogP contribution in [0.3, 0.4) is 0 Å². The topological polar surface area (TPSA) is 96.9 Å². The Kier molecular flexibility index (Phi) is 2.44. The molecule has 1 heterocycles. The summed E-state index contributed by atoms with van der Waals surface area (Å²) in [4.78, 5) is 10.2. The van der Waals surface area contributed by atoms with E-state index < -0.39 is 5.97 Å². The molecule has 0 aliphatic heterocycles. The fourth-order valence-electron chi connectivity index (χ4n) is 0.732. The number of aromatic amines is 1. The van der Waals surface area contributed by atoms with Crippen LogP contribution in [-0.2, 0) is 11.2 Å². The van der Waals surface area contributed by atoms with Crippen molar-refractivity contribution in [2.75, 3.05) is 5.84 Å². The maximum Gasteiger partial charge on any atom is 0.303 e. The van der Waals surface area contributed by atoms with Crippen LogP contribution in [0.5, 0.6) is 0 Å². The van der Waals surface area contributed by atoms with Crippen molar-refractivity contribution in [1.82, 2.24) is 14.9 Å². The number of carboxylic acid groups (broad SMARTS) is 1. The van der Waals surface area contributed by atoms with Gasteiger partial charge in [-0.2, -0.15) is 5.10 Å². The third kappa shape index (κ3) is 1.82. The first kappa shape index (κ1) is 8.72. The van der Waals surface area contributed by atoms with Gasteiger partial charge in [0.2, 0.25) is 4.77 Å². The number of nitrogens with one attached hydrogen (secondary N) is 1. The van der Waals surface area contributed by atoms with Crippen molar-refractivity contribution in [2.45, 2.75) is 12.8 Å². The minimum atomic E-state index is -0.885. The van der Waals surface area contributed by atoms with E-state index in [1.54, 1.807) is 0 Å². The lowest BCUT2D eigenvalue weighted by Crippen LogP contribution is -2.13. The molecular formula is C5H8N4O2S. The Morgan fingerprint density at radius 3 is 2.92 bits per heavy atom. The molecule has 1 aromatic heterocycles. The Morgan fingerprint density at radius 2 is 2.50 bits per heavy atom. The normalized spacial score (nSPS) is 10.0. The van der Waals surface area contributed by atoms with Crippen molar-refractivity contribution in [3.8, 4) is 0 Å². The highest BCUT2D eigenvalue weighted by Gasteiger charge is 2.04. The fraction of sp³-hybridized carbons (Fsp3) is 0.400. The molecule has 7 heteroatoms. The average molecular weight is 188 g/mol. The van der Waals surface area contributed by atoms with Gasteiger partial charge in [0, 0.05) is 6.42 Å². The highest BCUT2D eigenvalue weighted by molar-refractivity contribution is 7.71. The summed E-state index contributed by atoms with van der Waals surface area (Å²) in [6, 6.07) is 0. The number of aryl methyl sites for hydroxylation is 1. The lowest BCUT2D eigenvalue weighted by molar-refractivity contribution is -0.137. The molecule has 0 spiro atoms. The summed E-state index contributed by atoms with van der Waals surface area (Å²) in [5.41, 5.74) is 0. The Morgan fingerprint density at radius 1 is 1.83 bits per heavy atom. The Hall–Kier alpha value is -1.37. The van der Waals surface area contributed by atoms with Gasteiger partial charge in [-0.25, -0.2) is 4.68 Å². The molecule has 12 heavy (non-hydrogen) atoms. The van der Waals surface area contributed by atoms with E-state index in [1.807, 2.05) is 0 Å². The molecule has 4 N–H and O–H groups in total. The maximum absolute atomic E-state index is 10.2. The molecule has 0 aliphatic carbocycles. The standard InChI is InChI=1S/C5H8N4O2S/c6-9-3(1-2-4(10)11)7-8-5(9)12/h1-2,6H2,(H,8,12)(H,10,11). The largest absolute Gasteiger partial charge is 0.481 e. The van der Waals surface area contributed by atoms with Crippen molar-refractivity contribution in [3.05, 3.63) is 10.6 Å². The number of nitrogen functional groups attached to an aromatic ring is 1. The number of aromatic nitrogens is 3. The van der Waals surface area contributed by atoms with Gasteiger partial charge in [-0.05, 0) is 12.2 Å². The van der Waals surface area contributed by atoms with E-state index in [1.165, 1.54) is 0 Å². The molecule has 1 rings (SSSR count). The van der Waals surface area contributed by atoms with Crippen LogP contribution >= 0.6 is 12.2 Å². The van der Waals surface area contributed by atoms with Crippen LogP contribution in [0.1, 0.15) is 12.2 Å². The quantitative estimate of drug-likeness (QED) is 0.446. The molecule has 66 valence electrons. The van der Waals surface area contributed by atoms with Crippen molar-refractivity contribution in [1.29, 1.82) is 0 Å². The zero-order chi connectivity index (χ0) is 9.14. The molecule has 1 aromatic rings. The predicted molar refractivity (Wildman–Crippen MR) is 43.5 cm³/mol. The smallest absolute Gasteiger partial charge is 0.303 e. The molecule has 0 bridgehead atoms. The molecule has 0 radical (unpaired) electrons. The van der Waals surface area contributed by atoms with Crippen molar-refractivity contribution in [3.63, 3.8) is 0 Å². The number of aliphatic carboxylic acids is 1. The van der Waals surface area contributed by atoms with E-state index in [0.29, 0.717) is 5.82 Å². The minimum Gasteiger partial charge on any atom is -0.481 e. The van der Waals surface area contributed by atoms with Crippen LogP contribution in [0.15, 0.2) is 0 Å². The number of rotatable bonds is 3. The minimum absolute atomic E-state index is 0.00315. The lowest BCUT2D eigenvalue weighted by atomic mass is 10.3. The summed E-state index contributed by atoms with van der Waals surface area (Å²) < 4.78 is 1.45. The predicted octanol–water partition coefficient (Wildman–Crippen LogP) is -0.328. The highest BCUT2D eigenvalue weighted by Crippen LogP contribution is 1.96. The van der Waals surface area contributed by atoms with Gasteiger partial charge in [-0.3, -0.25) is 9.89 Å². The maximum atomic E-state index is 10.2. The van der Waals surface area contributed by atoms with Crippen molar-refractivity contribution in [2.24, 2.45) is 0 Å². The van der Waals surface area contributed by atoms with Gasteiger partial charge in [0.05, 0.1) is 6.42 Å². The van der Waals surface area contributed by atoms with Crippen LogP contribution < -0.4 is 5.84 Å². The molecule has 0 saturated carbocycles. The van der Waals surface area contributed by atoms with Gasteiger partial charge in [-0.15, -0.1) is 0 Å². The molecule has 0 aromatic carbocycles. The SMILES string of the molecule is Nn1c(CCC(=O)O)n[nH]c1=S. The van der Waals surface area contributed by atoms with Gasteiger partial charge in [-0.1, -0.05) is 0 Å². The van der Waals surface area contributed by atoms with Crippen LogP contribution in [0.2, 0.25) is 0 Å². The number of carbonyl (C=O) groups is 1. The van der Waals surface area contributed by atoms with Gasteiger partial charge >= 0.3 is 5.97 Å². The molecular weight excluding hydrogens is 180 g/mol. The van der Waals surface area contributed by atoms with Crippen LogP contribution in [-0.4, -0.2) is 25.9 Å². The van der Waals surface area contributed by atoms with E-state index in [0.717, 1.165) is 4.68 Å². The lowest BCUT2D eigenvalue weighted by Gasteiger charge is -1.95. The Labute approximate surface area is 73.0 Å². The summed E-state index contributed by atoms with van der Waals surface area (Å²) >= 11 is 4.73. The van der Waals surface area contributed by atoms with E-state index in [4.69, 9.17) is 23.2 Å². The molecule has 0 unspecified atom stereocenters. The summed E-state index contributed by atoms with van der Waals surface area (Å²) in [5, 5.41) is 14.6. The number of nitrogens with zero attached hydrogens (tertiary/aromatic N) is 2. The van der Waals surface area contributed by atoms with E-state index >= 15 is 0 Å². The second kappa shape index (κ2) is 3.35. The zero-order valence-corrected chi connectivity index (χ0v) is 6.97. The number of hydrogen-bond acceptors (Lipinski definition) is 4. The van der Waals surface area contributed by atoms with Gasteiger partial charge < -0.3 is 10.9 Å². The first-order valence-corrected chi connectivity index (χ1v) is 3.65. The van der Waals surface area contributed by atoms with Crippen LogP contribution in [0.25, 0.3) is 0 Å². The number of nitrogens with two attached hydrogens (primary N) is 1. The molecule has 0 amide bonds. The molecule has 0 atom stereocenters. The summed E-state index contributed by atoms with van der Waals surface area (Å²) in [6.45, 7) is 0. The molecule has 0 aliphatic rings. The molecule has 0 saturated heterocycles. The number of H-pyrrole nitrogens is 1. The summed E-state index contributed by atoms with van der Waals surface area (Å²) in [6.07, 6.45) is 0.274. The van der Waals surface area contributed by atoms with E-state index in [2.05, 4.69) is 10.2 Å². The van der Waals surface area contributed by atoms with Crippen molar-refractivity contribution >= 4 is 18.2 Å². The first-order valence-electron chi connectivity index (χ1n) is 3.24. The number of carboxylic acids is 1. The summed E-state index contributed by atoms with van der Waals surface area (Å²) in [5.74, 6) is 4.98. The molecule has 0 fully saturated rings. The van der Waals surface area contributed by atoms with Crippen LogP contribution in [0, 0.1) is 4.77 Å². The van der Waals surface area contributed by atoms with Crippen LogP contribution in [0.4, 0.5) is 0 Å². The third-order valence-corrected chi connectivity index (χ3v) is 1.63. The van der Waals surface area contributed by atoms with Gasteiger partial charge in [0.15, 0.2) is 5.82 Å².